The molecular formula is C45H77O9P. The molecule has 0 saturated carbocycles. The van der Waals surface area contributed by atoms with E-state index < -0.39 is 38.6 Å². The van der Waals surface area contributed by atoms with Crippen molar-refractivity contribution in [3.05, 3.63) is 72.9 Å². The fraction of sp³-hybridized carbons (Fsp3) is 0.689. The number of phosphoric ester groups is 1. The van der Waals surface area contributed by atoms with Crippen molar-refractivity contribution in [2.45, 2.75) is 187 Å². The molecule has 0 fully saturated rings. The number of rotatable bonds is 38. The topological polar surface area (TPSA) is 140 Å². The van der Waals surface area contributed by atoms with Gasteiger partial charge in [0.2, 0.25) is 0 Å². The Kier molecular flexibility index (Phi) is 37.8. The van der Waals surface area contributed by atoms with Gasteiger partial charge in [0.15, 0.2) is 6.10 Å². The van der Waals surface area contributed by atoms with Gasteiger partial charge in [0.1, 0.15) is 6.61 Å². The van der Waals surface area contributed by atoms with E-state index in [1.54, 1.807) is 6.08 Å². The van der Waals surface area contributed by atoms with Crippen LogP contribution in [-0.4, -0.2) is 52.3 Å². The highest BCUT2D eigenvalue weighted by atomic mass is 31.2. The van der Waals surface area contributed by atoms with E-state index >= 15 is 0 Å². The van der Waals surface area contributed by atoms with Gasteiger partial charge in [-0.25, -0.2) is 4.57 Å². The molecule has 0 rings (SSSR count). The summed E-state index contributed by atoms with van der Waals surface area (Å²) in [7, 11) is -4.78. The number of phosphoric acid groups is 1. The zero-order chi connectivity index (χ0) is 40.5. The van der Waals surface area contributed by atoms with Crippen molar-refractivity contribution in [2.24, 2.45) is 0 Å². The van der Waals surface area contributed by atoms with Crippen LogP contribution < -0.4 is 0 Å². The zero-order valence-corrected chi connectivity index (χ0v) is 35.3. The lowest BCUT2D eigenvalue weighted by Crippen LogP contribution is -2.29. The summed E-state index contributed by atoms with van der Waals surface area (Å²) in [6.45, 7) is 3.42. The average molecular weight is 793 g/mol. The number of hydrogen-bond donors (Lipinski definition) is 3. The number of esters is 2. The number of hydrogen-bond acceptors (Lipinski definition) is 7. The maximum absolute atomic E-state index is 12.4. The van der Waals surface area contributed by atoms with Crippen LogP contribution in [0, 0.1) is 0 Å². The molecule has 0 spiro atoms. The first-order valence-corrected chi connectivity index (χ1v) is 22.9. The van der Waals surface area contributed by atoms with Crippen molar-refractivity contribution in [3.63, 3.8) is 0 Å². The third-order valence-electron chi connectivity index (χ3n) is 8.83. The van der Waals surface area contributed by atoms with Gasteiger partial charge < -0.3 is 24.4 Å². The summed E-state index contributed by atoms with van der Waals surface area (Å²) in [6.07, 6.45) is 48.2. The molecule has 0 bridgehead atoms. The minimum Gasteiger partial charge on any atom is -0.462 e. The van der Waals surface area contributed by atoms with Crippen molar-refractivity contribution < 1.29 is 43.0 Å². The highest BCUT2D eigenvalue weighted by Crippen LogP contribution is 2.36. The summed E-state index contributed by atoms with van der Waals surface area (Å²) in [6, 6.07) is 0. The predicted octanol–water partition coefficient (Wildman–Crippen LogP) is 12.0. The maximum Gasteiger partial charge on any atom is 0.469 e. The number of unbranched alkanes of at least 4 members (excludes halogenated alkanes) is 16. The smallest absolute Gasteiger partial charge is 0.462 e. The molecule has 2 atom stereocenters. The second kappa shape index (κ2) is 39.7. The van der Waals surface area contributed by atoms with Crippen molar-refractivity contribution in [3.8, 4) is 0 Å². The van der Waals surface area contributed by atoms with Gasteiger partial charge in [-0.2, -0.15) is 0 Å². The van der Waals surface area contributed by atoms with Crippen LogP contribution in [0.15, 0.2) is 72.9 Å². The molecule has 0 aromatic carbocycles. The van der Waals surface area contributed by atoms with Gasteiger partial charge in [0.25, 0.3) is 0 Å². The Labute approximate surface area is 334 Å². The summed E-state index contributed by atoms with van der Waals surface area (Å²) in [5, 5.41) is 9.81. The van der Waals surface area contributed by atoms with Crippen LogP contribution in [0.5, 0.6) is 0 Å². The number of carbonyl (C=O) groups excluding carboxylic acids is 2. The third-order valence-corrected chi connectivity index (χ3v) is 9.32. The third kappa shape index (κ3) is 42.4. The van der Waals surface area contributed by atoms with Crippen LogP contribution in [0.25, 0.3) is 0 Å². The van der Waals surface area contributed by atoms with Gasteiger partial charge in [-0.15, -0.1) is 0 Å². The minimum atomic E-state index is -4.78. The molecule has 0 aliphatic heterocycles. The van der Waals surface area contributed by atoms with E-state index in [0.717, 1.165) is 44.9 Å². The maximum atomic E-state index is 12.4. The van der Waals surface area contributed by atoms with Gasteiger partial charge >= 0.3 is 19.8 Å². The fourth-order valence-electron chi connectivity index (χ4n) is 5.66. The van der Waals surface area contributed by atoms with Crippen LogP contribution in [-0.2, 0) is 28.2 Å². The van der Waals surface area contributed by atoms with Crippen molar-refractivity contribution in [1.29, 1.82) is 0 Å². The van der Waals surface area contributed by atoms with E-state index in [2.05, 4.69) is 36.6 Å². The van der Waals surface area contributed by atoms with Crippen molar-refractivity contribution >= 4 is 19.8 Å². The van der Waals surface area contributed by atoms with Crippen LogP contribution in [0.4, 0.5) is 0 Å². The fourth-order valence-corrected chi connectivity index (χ4v) is 6.02. The van der Waals surface area contributed by atoms with E-state index in [1.165, 1.54) is 83.5 Å². The average Bonchev–Trinajstić information content (AvgIpc) is 3.15. The van der Waals surface area contributed by atoms with Gasteiger partial charge in [-0.3, -0.25) is 14.1 Å². The quantitative estimate of drug-likeness (QED) is 0.0183. The van der Waals surface area contributed by atoms with E-state index in [-0.39, 0.29) is 19.4 Å². The lowest BCUT2D eigenvalue weighted by atomic mass is 10.0. The second-order valence-electron chi connectivity index (χ2n) is 14.1. The summed E-state index contributed by atoms with van der Waals surface area (Å²) < 4.78 is 26.3. The molecule has 3 N–H and O–H groups in total. The molecule has 0 aromatic heterocycles. The summed E-state index contributed by atoms with van der Waals surface area (Å²) in [4.78, 5) is 42.8. The first-order valence-electron chi connectivity index (χ1n) is 21.3. The van der Waals surface area contributed by atoms with Gasteiger partial charge in [0, 0.05) is 12.8 Å². The zero-order valence-electron chi connectivity index (χ0n) is 34.4. The number of aliphatic hydroxyl groups excluding tert-OH is 1. The SMILES string of the molecule is CC/C=C\CC(O)/C=C/C=C/C/C=C\C/C=C\C/C=C\CCC(=O)OC[C@H](COP(=O)(O)O)OC(=O)CCCCCCCCCCCCCCCCCCC. The number of aliphatic hydroxyl groups is 1. The number of ether oxygens (including phenoxy) is 2. The molecule has 0 amide bonds. The Morgan fingerprint density at radius 1 is 0.582 bits per heavy atom. The predicted molar refractivity (Wildman–Crippen MR) is 226 cm³/mol. The molecule has 1 unspecified atom stereocenters. The first-order chi connectivity index (χ1) is 26.7. The molecule has 0 aromatic rings. The molecule has 0 aliphatic rings. The van der Waals surface area contributed by atoms with Crippen LogP contribution in [0.2, 0.25) is 0 Å². The highest BCUT2D eigenvalue weighted by Gasteiger charge is 2.22. The van der Waals surface area contributed by atoms with E-state index in [1.807, 2.05) is 48.6 Å². The van der Waals surface area contributed by atoms with Crippen molar-refractivity contribution in [2.75, 3.05) is 13.2 Å². The van der Waals surface area contributed by atoms with Gasteiger partial charge in [-0.1, -0.05) is 189 Å². The molecule has 0 aliphatic carbocycles. The Bertz CT molecular complexity index is 1140. The van der Waals surface area contributed by atoms with E-state index in [4.69, 9.17) is 19.3 Å². The minimum absolute atomic E-state index is 0.125. The Morgan fingerprint density at radius 3 is 1.62 bits per heavy atom. The van der Waals surface area contributed by atoms with Gasteiger partial charge in [0.05, 0.1) is 12.7 Å². The normalized spacial score (nSPS) is 13.8. The molecular weight excluding hydrogens is 715 g/mol. The largest absolute Gasteiger partial charge is 0.469 e. The van der Waals surface area contributed by atoms with Gasteiger partial charge in [-0.05, 0) is 44.9 Å². The summed E-state index contributed by atoms with van der Waals surface area (Å²) in [5.41, 5.74) is 0. The van der Waals surface area contributed by atoms with Crippen LogP contribution >= 0.6 is 7.82 Å². The number of allylic oxidation sites excluding steroid dienone is 10. The first kappa shape index (κ1) is 52.5. The lowest BCUT2D eigenvalue weighted by molar-refractivity contribution is -0.161. The molecule has 0 heterocycles. The summed E-state index contributed by atoms with van der Waals surface area (Å²) >= 11 is 0. The second-order valence-corrected chi connectivity index (χ2v) is 15.4. The van der Waals surface area contributed by atoms with Crippen LogP contribution in [0.3, 0.4) is 0 Å². The molecule has 316 valence electrons. The summed E-state index contributed by atoms with van der Waals surface area (Å²) in [5.74, 6) is -1.00. The van der Waals surface area contributed by atoms with E-state index in [0.29, 0.717) is 19.3 Å². The van der Waals surface area contributed by atoms with E-state index in [9.17, 15) is 19.3 Å². The van der Waals surface area contributed by atoms with Crippen molar-refractivity contribution in [1.82, 2.24) is 0 Å². The molecule has 0 saturated heterocycles. The van der Waals surface area contributed by atoms with Crippen LogP contribution in [0.1, 0.15) is 174 Å². The molecule has 55 heavy (non-hydrogen) atoms. The molecule has 10 heteroatoms. The monoisotopic (exact) mass is 793 g/mol. The number of carbonyl (C=O) groups is 2. The standard InChI is InChI=1S/C45H77O9P/c1-3-5-7-8-9-10-11-12-13-14-15-18-22-25-28-31-35-39-45(48)54-43(41-53-55(49,50)51)40-52-44(47)38-34-30-27-24-21-19-16-17-20-23-26-29-33-37-42(46)36-32-6-4-2/h6,17,19-21,26-27,29-30,32-33,37,42-43,46H,3-5,7-16,18,22-25,28,31,34-36,38-41H2,1-2H3,(H2,49,50,51)/b20-17-,21-19-,29-26+,30-27-,32-6-,37-33+/t42?,43-/m1/s1. The highest BCUT2D eigenvalue weighted by molar-refractivity contribution is 7.46. The Balaban J connectivity index is 4.07. The Hall–Kier alpha value is -2.55. The molecule has 0 radical (unpaired) electrons. The lowest BCUT2D eigenvalue weighted by Gasteiger charge is -2.18. The Morgan fingerprint density at radius 2 is 1.09 bits per heavy atom. The molecule has 9 nitrogen and oxygen atoms in total.